The van der Waals surface area contributed by atoms with Crippen molar-refractivity contribution < 1.29 is 9.18 Å². The lowest BCUT2D eigenvalue weighted by molar-refractivity contribution is 0.102. The van der Waals surface area contributed by atoms with Crippen LogP contribution in [0.25, 0.3) is 0 Å². The number of aromatic nitrogens is 1. The monoisotopic (exact) mass is 399 g/mol. The lowest BCUT2D eigenvalue weighted by Gasteiger charge is -2.08. The minimum atomic E-state index is -0.256. The van der Waals surface area contributed by atoms with Gasteiger partial charge in [-0.05, 0) is 42.5 Å². The minimum absolute atomic E-state index is 0.207. The maximum absolute atomic E-state index is 13.6. The Kier molecular flexibility index (Phi) is 5.40. The van der Waals surface area contributed by atoms with E-state index in [0.29, 0.717) is 29.2 Å². The second kappa shape index (κ2) is 7.90. The molecule has 3 aromatic rings. The highest BCUT2D eigenvalue weighted by atomic mass is 79.9. The zero-order valence-corrected chi connectivity index (χ0v) is 14.8. The number of carbonyl (C=O) groups is 1. The molecule has 4 nitrogen and oxygen atoms in total. The summed E-state index contributed by atoms with van der Waals surface area (Å²) in [6, 6.07) is 17.1. The molecule has 1 amide bonds. The van der Waals surface area contributed by atoms with Gasteiger partial charge in [0.2, 0.25) is 0 Å². The Morgan fingerprint density at radius 2 is 1.80 bits per heavy atom. The Labute approximate surface area is 153 Å². The molecule has 0 saturated carbocycles. The van der Waals surface area contributed by atoms with Gasteiger partial charge in [0.1, 0.15) is 11.6 Å². The summed E-state index contributed by atoms with van der Waals surface area (Å²) in [6.07, 6.45) is 1.56. The lowest BCUT2D eigenvalue weighted by atomic mass is 10.2. The van der Waals surface area contributed by atoms with Crippen molar-refractivity contribution in [2.45, 2.75) is 6.54 Å². The Hall–Kier alpha value is -2.73. The molecule has 0 saturated heterocycles. The van der Waals surface area contributed by atoms with E-state index in [9.17, 15) is 9.18 Å². The molecule has 0 aliphatic carbocycles. The molecule has 0 aliphatic rings. The van der Waals surface area contributed by atoms with Crippen LogP contribution >= 0.6 is 15.9 Å². The van der Waals surface area contributed by atoms with Crippen LogP contribution in [-0.2, 0) is 6.54 Å². The van der Waals surface area contributed by atoms with Gasteiger partial charge in [0, 0.05) is 22.1 Å². The van der Waals surface area contributed by atoms with Gasteiger partial charge in [-0.3, -0.25) is 4.79 Å². The summed E-state index contributed by atoms with van der Waals surface area (Å²) in [6.45, 7) is 0.338. The fourth-order valence-electron chi connectivity index (χ4n) is 2.20. The highest BCUT2D eigenvalue weighted by molar-refractivity contribution is 9.10. The van der Waals surface area contributed by atoms with Gasteiger partial charge in [-0.2, -0.15) is 0 Å². The van der Waals surface area contributed by atoms with Crippen LogP contribution in [-0.4, -0.2) is 10.9 Å². The molecule has 1 heterocycles. The molecule has 0 spiro atoms. The van der Waals surface area contributed by atoms with Gasteiger partial charge < -0.3 is 10.6 Å². The molecule has 2 N–H and O–H groups in total. The van der Waals surface area contributed by atoms with E-state index in [-0.39, 0.29) is 11.7 Å². The van der Waals surface area contributed by atoms with Gasteiger partial charge in [0.05, 0.1) is 11.9 Å². The third-order valence-electron chi connectivity index (χ3n) is 3.55. The number of hydrogen-bond donors (Lipinski definition) is 2. The van der Waals surface area contributed by atoms with Crippen LogP contribution in [0.5, 0.6) is 0 Å². The molecule has 0 bridgehead atoms. The first-order chi connectivity index (χ1) is 12.1. The number of anilines is 2. The number of halogens is 2. The van der Waals surface area contributed by atoms with Crippen molar-refractivity contribution >= 4 is 33.3 Å². The van der Waals surface area contributed by atoms with Gasteiger partial charge in [-0.1, -0.05) is 34.1 Å². The van der Waals surface area contributed by atoms with E-state index in [2.05, 4.69) is 31.5 Å². The summed E-state index contributed by atoms with van der Waals surface area (Å²) in [5.74, 6) is 0.139. The molecule has 2 aromatic carbocycles. The molecular weight excluding hydrogens is 385 g/mol. The van der Waals surface area contributed by atoms with Crippen molar-refractivity contribution in [1.82, 2.24) is 4.98 Å². The molecule has 3 rings (SSSR count). The first kappa shape index (κ1) is 17.1. The van der Waals surface area contributed by atoms with E-state index >= 15 is 0 Å². The minimum Gasteiger partial charge on any atom is -0.366 e. The van der Waals surface area contributed by atoms with Gasteiger partial charge in [0.15, 0.2) is 0 Å². The average molecular weight is 400 g/mol. The molecule has 0 unspecified atom stereocenters. The number of nitrogens with zero attached hydrogens (tertiary/aromatic N) is 1. The second-order valence-electron chi connectivity index (χ2n) is 5.34. The molecule has 0 atom stereocenters. The van der Waals surface area contributed by atoms with Crippen LogP contribution in [0, 0.1) is 5.82 Å². The smallest absolute Gasteiger partial charge is 0.255 e. The zero-order valence-electron chi connectivity index (χ0n) is 13.2. The largest absolute Gasteiger partial charge is 0.366 e. The van der Waals surface area contributed by atoms with E-state index in [1.54, 1.807) is 48.7 Å². The molecule has 25 heavy (non-hydrogen) atoms. The van der Waals surface area contributed by atoms with E-state index < -0.39 is 0 Å². The number of pyridine rings is 1. The number of nitrogens with one attached hydrogen (secondary N) is 2. The van der Waals surface area contributed by atoms with Crippen LogP contribution in [0.4, 0.5) is 15.9 Å². The van der Waals surface area contributed by atoms with E-state index in [4.69, 9.17) is 0 Å². The highest BCUT2D eigenvalue weighted by Gasteiger charge is 2.06. The summed E-state index contributed by atoms with van der Waals surface area (Å²) < 4.78 is 14.5. The number of hydrogen-bond acceptors (Lipinski definition) is 3. The third-order valence-corrected chi connectivity index (χ3v) is 4.07. The van der Waals surface area contributed by atoms with Gasteiger partial charge in [-0.15, -0.1) is 0 Å². The Morgan fingerprint density at radius 3 is 2.48 bits per heavy atom. The van der Waals surface area contributed by atoms with E-state index in [1.165, 1.54) is 6.07 Å². The van der Waals surface area contributed by atoms with Crippen molar-refractivity contribution in [2.75, 3.05) is 10.6 Å². The lowest BCUT2D eigenvalue weighted by Crippen LogP contribution is -2.12. The number of benzene rings is 2. The van der Waals surface area contributed by atoms with Gasteiger partial charge in [-0.25, -0.2) is 9.37 Å². The predicted molar refractivity (Wildman–Crippen MR) is 100 cm³/mol. The third kappa shape index (κ3) is 4.64. The average Bonchev–Trinajstić information content (AvgIpc) is 2.63. The molecule has 1 aromatic heterocycles. The van der Waals surface area contributed by atoms with Crippen molar-refractivity contribution in [3.63, 3.8) is 0 Å². The molecule has 6 heteroatoms. The van der Waals surface area contributed by atoms with E-state index in [1.807, 2.05) is 12.1 Å². The molecule has 0 radical (unpaired) electrons. The fourth-order valence-corrected chi connectivity index (χ4v) is 2.47. The number of carbonyl (C=O) groups excluding carboxylic acids is 1. The molecular formula is C19H15BrFN3O. The zero-order chi connectivity index (χ0) is 17.6. The molecule has 0 fully saturated rings. The van der Waals surface area contributed by atoms with Crippen LogP contribution in [0.3, 0.4) is 0 Å². The summed E-state index contributed by atoms with van der Waals surface area (Å²) in [5.41, 5.74) is 1.71. The quantitative estimate of drug-likeness (QED) is 0.644. The predicted octanol–water partition coefficient (Wildman–Crippen LogP) is 4.85. The van der Waals surface area contributed by atoms with Crippen molar-refractivity contribution in [3.8, 4) is 0 Å². The summed E-state index contributed by atoms with van der Waals surface area (Å²) >= 11 is 3.33. The first-order valence-electron chi connectivity index (χ1n) is 7.62. The van der Waals surface area contributed by atoms with Crippen LogP contribution < -0.4 is 10.6 Å². The first-order valence-corrected chi connectivity index (χ1v) is 8.41. The van der Waals surface area contributed by atoms with Crippen molar-refractivity contribution in [2.24, 2.45) is 0 Å². The van der Waals surface area contributed by atoms with Crippen LogP contribution in [0.1, 0.15) is 15.9 Å². The van der Waals surface area contributed by atoms with Gasteiger partial charge >= 0.3 is 0 Å². The summed E-state index contributed by atoms with van der Waals surface area (Å²) in [5, 5.41) is 5.83. The van der Waals surface area contributed by atoms with Crippen molar-refractivity contribution in [1.29, 1.82) is 0 Å². The number of rotatable bonds is 5. The summed E-state index contributed by atoms with van der Waals surface area (Å²) in [7, 11) is 0. The summed E-state index contributed by atoms with van der Waals surface area (Å²) in [4.78, 5) is 16.4. The maximum atomic E-state index is 13.6. The maximum Gasteiger partial charge on any atom is 0.255 e. The molecule has 126 valence electrons. The highest BCUT2D eigenvalue weighted by Crippen LogP contribution is 2.15. The van der Waals surface area contributed by atoms with Crippen LogP contribution in [0.15, 0.2) is 71.3 Å². The molecule has 0 aliphatic heterocycles. The second-order valence-corrected chi connectivity index (χ2v) is 6.25. The van der Waals surface area contributed by atoms with Crippen molar-refractivity contribution in [3.05, 3.63) is 88.3 Å². The normalized spacial score (nSPS) is 10.3. The fraction of sp³-hybridized carbons (Fsp3) is 0.0526. The Morgan fingerprint density at radius 1 is 1.04 bits per heavy atom. The van der Waals surface area contributed by atoms with E-state index in [0.717, 1.165) is 4.47 Å². The topological polar surface area (TPSA) is 54.0 Å². The Bertz CT molecular complexity index is 867. The standard InChI is InChI=1S/C19H15BrFN3O/c20-15-7-5-13(6-8-15)19(25)24-16-9-10-18(23-12-16)22-11-14-3-1-2-4-17(14)21/h1-10,12H,11H2,(H,22,23)(H,24,25). The number of amides is 1. The van der Waals surface area contributed by atoms with Gasteiger partial charge in [0.25, 0.3) is 5.91 Å². The Balaban J connectivity index is 1.59. The van der Waals surface area contributed by atoms with Crippen LogP contribution in [0.2, 0.25) is 0 Å². The SMILES string of the molecule is O=C(Nc1ccc(NCc2ccccc2F)nc1)c1ccc(Br)cc1.